The third-order valence-electron chi connectivity index (χ3n) is 5.10. The fraction of sp³-hybridized carbons (Fsp3) is 0.192. The van der Waals surface area contributed by atoms with E-state index in [0.717, 1.165) is 27.6 Å². The van der Waals surface area contributed by atoms with Gasteiger partial charge in [-0.05, 0) is 48.4 Å². The third kappa shape index (κ3) is 6.96. The summed E-state index contributed by atoms with van der Waals surface area (Å²) in [4.78, 5) is 19.4. The molecule has 0 radical (unpaired) electrons. The molecule has 4 aromatic rings. The molecule has 2 heterocycles. The summed E-state index contributed by atoms with van der Waals surface area (Å²) in [5, 5.41) is 13.4. The number of nitrogens with one attached hydrogen (secondary N) is 2. The molecule has 0 amide bonds. The largest absolute Gasteiger partial charge is 0.490 e. The number of rotatable bonds is 9. The number of para-hydroxylation sites is 1. The number of carbonyl (C=O) groups excluding carboxylic acids is 1. The van der Waals surface area contributed by atoms with E-state index >= 15 is 0 Å². The minimum Gasteiger partial charge on any atom is -0.490 e. The first-order chi connectivity index (χ1) is 16.2. The van der Waals surface area contributed by atoms with E-state index in [1.54, 1.807) is 25.3 Å². The zero-order valence-corrected chi connectivity index (χ0v) is 20.7. The minimum atomic E-state index is -0.378. The lowest BCUT2D eigenvalue weighted by atomic mass is 10.0. The predicted molar refractivity (Wildman–Crippen MR) is 140 cm³/mol. The number of nitriles is 1. The Morgan fingerprint density at radius 1 is 1.09 bits per heavy atom. The van der Waals surface area contributed by atoms with Gasteiger partial charge in [0.25, 0.3) is 0 Å². The Morgan fingerprint density at radius 3 is 2.71 bits per heavy atom. The van der Waals surface area contributed by atoms with Gasteiger partial charge >= 0.3 is 5.97 Å². The maximum Gasteiger partial charge on any atom is 0.354 e. The molecule has 4 rings (SSSR count). The van der Waals surface area contributed by atoms with Crippen LogP contribution in [0, 0.1) is 11.3 Å². The summed E-state index contributed by atoms with van der Waals surface area (Å²) in [6.07, 6.45) is 3.62. The van der Waals surface area contributed by atoms with Gasteiger partial charge in [-0.2, -0.15) is 5.26 Å². The van der Waals surface area contributed by atoms with Gasteiger partial charge in [-0.1, -0.05) is 24.3 Å². The van der Waals surface area contributed by atoms with Crippen LogP contribution in [-0.4, -0.2) is 35.7 Å². The average Bonchev–Trinajstić information content (AvgIpc) is 3.30. The van der Waals surface area contributed by atoms with E-state index in [1.165, 1.54) is 0 Å². The first kappa shape index (κ1) is 27.7. The fourth-order valence-electron chi connectivity index (χ4n) is 3.54. The van der Waals surface area contributed by atoms with Gasteiger partial charge in [0.1, 0.15) is 18.1 Å². The number of carbonyl (C=O) groups is 1. The van der Waals surface area contributed by atoms with Gasteiger partial charge in [0, 0.05) is 36.4 Å². The third-order valence-corrected chi connectivity index (χ3v) is 5.10. The Morgan fingerprint density at radius 2 is 1.91 bits per heavy atom. The first-order valence-electron chi connectivity index (χ1n) is 10.7. The summed E-state index contributed by atoms with van der Waals surface area (Å²) < 4.78 is 11.0. The number of pyridine rings is 1. The second-order valence-electron chi connectivity index (χ2n) is 7.42. The van der Waals surface area contributed by atoms with Crippen LogP contribution in [0.4, 0.5) is 0 Å². The van der Waals surface area contributed by atoms with Gasteiger partial charge in [0.2, 0.25) is 0 Å². The van der Waals surface area contributed by atoms with Gasteiger partial charge in [-0.15, -0.1) is 24.8 Å². The summed E-state index contributed by atoms with van der Waals surface area (Å²) in [6.45, 7) is 3.84. The highest BCUT2D eigenvalue weighted by molar-refractivity contribution is 5.96. The van der Waals surface area contributed by atoms with Crippen LogP contribution in [-0.2, 0) is 11.3 Å². The van der Waals surface area contributed by atoms with Crippen LogP contribution in [0.3, 0.4) is 0 Å². The van der Waals surface area contributed by atoms with Crippen LogP contribution < -0.4 is 10.1 Å². The molecule has 0 aliphatic rings. The second kappa shape index (κ2) is 13.4. The highest BCUT2D eigenvalue weighted by Crippen LogP contribution is 2.26. The molecule has 0 bridgehead atoms. The maximum atomic E-state index is 12.0. The topological polar surface area (TPSA) is 100 Å². The zero-order valence-electron chi connectivity index (χ0n) is 19.1. The van der Waals surface area contributed by atoms with E-state index < -0.39 is 0 Å². The van der Waals surface area contributed by atoms with Crippen molar-refractivity contribution in [3.8, 4) is 22.9 Å². The Labute approximate surface area is 216 Å². The standard InChI is InChI=1S/C26H24N4O3.2ClH/c1-2-32-26(31)23-13-21-7-4-8-24(25(21)30-23)33-10-9-28-15-19-12-22(17-29-16-19)20-6-3-5-18(11-20)14-27;;/h3-8,11-13,16-17,28,30H,2,9-10,15H2,1H3;2*1H. The number of aromatic amines is 1. The lowest BCUT2D eigenvalue weighted by Crippen LogP contribution is -2.20. The van der Waals surface area contributed by atoms with Gasteiger partial charge in [0.05, 0.1) is 23.8 Å². The number of benzene rings is 2. The highest BCUT2D eigenvalue weighted by Gasteiger charge is 2.13. The molecule has 9 heteroatoms. The first-order valence-corrected chi connectivity index (χ1v) is 10.7. The molecule has 2 aromatic carbocycles. The number of halogens is 2. The smallest absolute Gasteiger partial charge is 0.354 e. The molecule has 0 saturated carbocycles. The van der Waals surface area contributed by atoms with Crippen molar-refractivity contribution in [2.75, 3.05) is 19.8 Å². The zero-order chi connectivity index (χ0) is 23.0. The quantitative estimate of drug-likeness (QED) is 0.233. The number of aromatic nitrogens is 2. The molecule has 7 nitrogen and oxygen atoms in total. The number of hydrogen-bond acceptors (Lipinski definition) is 6. The van der Waals surface area contributed by atoms with Crippen LogP contribution in [0.1, 0.15) is 28.5 Å². The van der Waals surface area contributed by atoms with Crippen LogP contribution >= 0.6 is 24.8 Å². The molecular formula is C26H26Cl2N4O3. The summed E-state index contributed by atoms with van der Waals surface area (Å²) in [7, 11) is 0. The molecule has 0 spiro atoms. The van der Waals surface area contributed by atoms with Crippen molar-refractivity contribution in [1.82, 2.24) is 15.3 Å². The van der Waals surface area contributed by atoms with Gasteiger partial charge in [-0.3, -0.25) is 4.98 Å². The van der Waals surface area contributed by atoms with Crippen molar-refractivity contribution in [3.63, 3.8) is 0 Å². The Kier molecular flexibility index (Phi) is 10.6. The number of H-pyrrole nitrogens is 1. The number of nitrogens with zero attached hydrogens (tertiary/aromatic N) is 2. The van der Waals surface area contributed by atoms with Crippen molar-refractivity contribution < 1.29 is 14.3 Å². The monoisotopic (exact) mass is 512 g/mol. The van der Waals surface area contributed by atoms with Crippen LogP contribution in [0.2, 0.25) is 0 Å². The average molecular weight is 513 g/mol. The molecule has 0 fully saturated rings. The predicted octanol–water partition coefficient (Wildman–Crippen LogP) is 5.29. The molecular weight excluding hydrogens is 487 g/mol. The highest BCUT2D eigenvalue weighted by atomic mass is 35.5. The maximum absolute atomic E-state index is 12.0. The van der Waals surface area contributed by atoms with Crippen molar-refractivity contribution in [1.29, 1.82) is 5.26 Å². The molecule has 2 aromatic heterocycles. The molecule has 0 aliphatic heterocycles. The van der Waals surface area contributed by atoms with E-state index in [0.29, 0.717) is 43.3 Å². The number of fused-ring (bicyclic) bond motifs is 1. The van der Waals surface area contributed by atoms with Gasteiger partial charge < -0.3 is 19.8 Å². The van der Waals surface area contributed by atoms with Gasteiger partial charge in [-0.25, -0.2) is 4.79 Å². The lowest BCUT2D eigenvalue weighted by molar-refractivity contribution is 0.0520. The Hall–Kier alpha value is -3.57. The molecule has 0 unspecified atom stereocenters. The van der Waals surface area contributed by atoms with Crippen molar-refractivity contribution in [2.24, 2.45) is 0 Å². The second-order valence-corrected chi connectivity index (χ2v) is 7.42. The normalized spacial score (nSPS) is 10.1. The summed E-state index contributed by atoms with van der Waals surface area (Å²) in [5.41, 5.74) is 4.79. The summed E-state index contributed by atoms with van der Waals surface area (Å²) >= 11 is 0. The number of ether oxygens (including phenoxy) is 2. The van der Waals surface area contributed by atoms with Crippen molar-refractivity contribution in [2.45, 2.75) is 13.5 Å². The number of esters is 1. The van der Waals surface area contributed by atoms with Gasteiger partial charge in [0.15, 0.2) is 0 Å². The van der Waals surface area contributed by atoms with Crippen LogP contribution in [0.25, 0.3) is 22.0 Å². The fourth-order valence-corrected chi connectivity index (χ4v) is 3.54. The molecule has 2 N–H and O–H groups in total. The minimum absolute atomic E-state index is 0. The van der Waals surface area contributed by atoms with E-state index in [1.807, 2.05) is 42.6 Å². The molecule has 0 atom stereocenters. The SMILES string of the molecule is CCOC(=O)c1cc2cccc(OCCNCc3cncc(-c4cccc(C#N)c4)c3)c2[nH]1.Cl.Cl. The molecule has 0 aliphatic carbocycles. The Bertz CT molecular complexity index is 1320. The van der Waals surface area contributed by atoms with E-state index in [9.17, 15) is 4.79 Å². The molecule has 182 valence electrons. The van der Waals surface area contributed by atoms with E-state index in [4.69, 9.17) is 14.7 Å². The van der Waals surface area contributed by atoms with Crippen LogP contribution in [0.15, 0.2) is 67.0 Å². The van der Waals surface area contributed by atoms with Crippen molar-refractivity contribution >= 4 is 41.7 Å². The summed E-state index contributed by atoms with van der Waals surface area (Å²) in [5.74, 6) is 0.308. The van der Waals surface area contributed by atoms with E-state index in [2.05, 4.69) is 27.4 Å². The molecule has 0 saturated heterocycles. The Balaban J connectivity index is 0.00000216. The lowest BCUT2D eigenvalue weighted by Gasteiger charge is -2.09. The summed E-state index contributed by atoms with van der Waals surface area (Å²) in [6, 6.07) is 19.2. The van der Waals surface area contributed by atoms with E-state index in [-0.39, 0.29) is 30.8 Å². The number of hydrogen-bond donors (Lipinski definition) is 2. The molecule has 35 heavy (non-hydrogen) atoms. The van der Waals surface area contributed by atoms with Crippen molar-refractivity contribution in [3.05, 3.63) is 83.8 Å². The van der Waals surface area contributed by atoms with Crippen LogP contribution in [0.5, 0.6) is 5.75 Å².